The van der Waals surface area contributed by atoms with Gasteiger partial charge in [-0.05, 0) is 166 Å². The van der Waals surface area contributed by atoms with Gasteiger partial charge in [0, 0.05) is 32.7 Å². The smallest absolute Gasteiger partial charge is 0.309 e. The second kappa shape index (κ2) is 18.8. The number of halogens is 3. The molecule has 0 N–H and O–H groups in total. The van der Waals surface area contributed by atoms with Gasteiger partial charge in [-0.3, -0.25) is 0 Å². The summed E-state index contributed by atoms with van der Waals surface area (Å²) in [6.45, 7) is 0. The summed E-state index contributed by atoms with van der Waals surface area (Å²) in [5.41, 5.74) is 10.1. The Hall–Kier alpha value is -11.5. The summed E-state index contributed by atoms with van der Waals surface area (Å²) in [7, 11) is 0. The lowest BCUT2D eigenvalue weighted by molar-refractivity contribution is -0.137. The predicted octanol–water partition coefficient (Wildman–Crippen LogP) is 16.5. The highest BCUT2D eigenvalue weighted by molar-refractivity contribution is 6.14. The maximum atomic E-state index is 15.7. The summed E-state index contributed by atoms with van der Waals surface area (Å²) in [5.74, 6) is 0. The lowest BCUT2D eigenvalue weighted by atomic mass is 9.91. The molecule has 0 amide bonds. The first-order valence-electron chi connectivity index (χ1n) is 24.4. The van der Waals surface area contributed by atoms with E-state index in [0.29, 0.717) is 44.3 Å². The molecule has 10 aromatic carbocycles. The van der Waals surface area contributed by atoms with Crippen LogP contribution in [-0.2, 0) is 6.18 Å². The molecule has 0 saturated carbocycles. The lowest BCUT2D eigenvalue weighted by Crippen LogP contribution is -2.11. The van der Waals surface area contributed by atoms with E-state index in [4.69, 9.17) is 0 Å². The first-order chi connectivity index (χ1) is 38.0. The van der Waals surface area contributed by atoms with Crippen LogP contribution in [0, 0.1) is 68.0 Å². The van der Waals surface area contributed by atoms with Crippen LogP contribution in [0.15, 0.2) is 200 Å². The number of nitriles is 6. The van der Waals surface area contributed by atoms with Crippen molar-refractivity contribution in [3.8, 4) is 103 Å². The van der Waals surface area contributed by atoms with Crippen LogP contribution in [0.4, 0.5) is 13.2 Å². The van der Waals surface area contributed by atoms with Crippen molar-refractivity contribution in [3.63, 3.8) is 0 Å². The van der Waals surface area contributed by atoms with Gasteiger partial charge in [0.25, 0.3) is 0 Å². The standard InChI is InChI=1S/C67H33F3N8/c68-67(69,70)59-3-1-2-52(38-75)66(59)58-33-64(77-60-24-20-48(44-12-4-40(34-71)5-13-44)28-54(60)55-29-49(21-25-61(55)77)45-14-6-41(35-72)7-15-45)53(39-76)32-65(58)78-62-26-22-50(46-16-8-42(36-73)9-17-46)30-56(62)57-31-51(23-27-63(57)78)47-18-10-43(37-74)11-19-47/h1-33H. The molecule has 11 heteroatoms. The average molecular weight is 1010 g/mol. The van der Waals surface area contributed by atoms with Crippen molar-refractivity contribution in [2.45, 2.75) is 6.18 Å². The first kappa shape index (κ1) is 47.5. The lowest BCUT2D eigenvalue weighted by Gasteiger charge is -2.22. The minimum atomic E-state index is -4.92. The highest BCUT2D eigenvalue weighted by atomic mass is 19.4. The number of fused-ring (bicyclic) bond motifs is 6. The molecule has 362 valence electrons. The second-order valence-corrected chi connectivity index (χ2v) is 18.7. The highest BCUT2D eigenvalue weighted by Gasteiger charge is 2.36. The van der Waals surface area contributed by atoms with Crippen molar-refractivity contribution < 1.29 is 13.2 Å². The van der Waals surface area contributed by atoms with E-state index in [1.54, 1.807) is 60.7 Å². The molecular formula is C67H33F3N8. The molecule has 0 bridgehead atoms. The zero-order chi connectivity index (χ0) is 53.8. The summed E-state index contributed by atoms with van der Waals surface area (Å²) in [6, 6.07) is 71.9. The normalized spacial score (nSPS) is 11.2. The topological polar surface area (TPSA) is 153 Å². The largest absolute Gasteiger partial charge is 0.417 e. The predicted molar refractivity (Wildman–Crippen MR) is 296 cm³/mol. The van der Waals surface area contributed by atoms with Crippen molar-refractivity contribution in [1.82, 2.24) is 9.13 Å². The number of alkyl halides is 3. The summed E-state index contributed by atoms with van der Waals surface area (Å²) in [4.78, 5) is 0. The highest BCUT2D eigenvalue weighted by Crippen LogP contribution is 2.47. The van der Waals surface area contributed by atoms with E-state index in [9.17, 15) is 31.6 Å². The third-order valence-electron chi connectivity index (χ3n) is 14.4. The van der Waals surface area contributed by atoms with Gasteiger partial charge in [-0.2, -0.15) is 44.7 Å². The second-order valence-electron chi connectivity index (χ2n) is 18.7. The van der Waals surface area contributed by atoms with E-state index in [-0.39, 0.29) is 33.6 Å². The van der Waals surface area contributed by atoms with Crippen LogP contribution in [0.5, 0.6) is 0 Å². The van der Waals surface area contributed by atoms with E-state index >= 15 is 13.2 Å². The molecule has 0 atom stereocenters. The number of hydrogen-bond acceptors (Lipinski definition) is 6. The Bertz CT molecular complexity index is 4520. The quantitative estimate of drug-likeness (QED) is 0.155. The Morgan fingerprint density at radius 3 is 0.936 bits per heavy atom. The minimum absolute atomic E-state index is 0.0398. The number of hydrogen-bond donors (Lipinski definition) is 0. The van der Waals surface area contributed by atoms with Crippen LogP contribution in [0.3, 0.4) is 0 Å². The van der Waals surface area contributed by atoms with Crippen LogP contribution in [0.2, 0.25) is 0 Å². The van der Waals surface area contributed by atoms with Gasteiger partial charge in [0.05, 0.1) is 103 Å². The SMILES string of the molecule is N#Cc1ccc(-c2ccc3c(c2)c2cc(-c4ccc(C#N)cc4)ccc2n3-c2cc(-c3c(C#N)cccc3C(F)(F)F)c(-n3c4ccc(-c5ccc(C#N)cc5)cc4c4cc(-c5ccc(C#N)cc5)ccc43)cc2C#N)cc1. The van der Waals surface area contributed by atoms with E-state index in [0.717, 1.165) is 72.1 Å². The molecule has 0 spiro atoms. The van der Waals surface area contributed by atoms with Gasteiger partial charge in [0.1, 0.15) is 6.07 Å². The van der Waals surface area contributed by atoms with Gasteiger partial charge in [-0.1, -0.05) is 78.9 Å². The van der Waals surface area contributed by atoms with E-state index < -0.39 is 11.7 Å². The molecule has 0 radical (unpaired) electrons. The van der Waals surface area contributed by atoms with Crippen LogP contribution >= 0.6 is 0 Å². The molecule has 2 heterocycles. The van der Waals surface area contributed by atoms with Gasteiger partial charge in [0.15, 0.2) is 0 Å². The van der Waals surface area contributed by atoms with Crippen molar-refractivity contribution in [2.24, 2.45) is 0 Å². The third kappa shape index (κ3) is 7.99. The Kier molecular flexibility index (Phi) is 11.4. The van der Waals surface area contributed by atoms with Crippen molar-refractivity contribution in [3.05, 3.63) is 239 Å². The fraction of sp³-hybridized carbons (Fsp3) is 0.0149. The summed E-state index contributed by atoms with van der Waals surface area (Å²) < 4.78 is 50.7. The zero-order valence-electron chi connectivity index (χ0n) is 40.8. The first-order valence-corrected chi connectivity index (χ1v) is 24.4. The molecule has 0 aliphatic heterocycles. The zero-order valence-corrected chi connectivity index (χ0v) is 40.8. The fourth-order valence-corrected chi connectivity index (χ4v) is 10.6. The molecule has 0 aliphatic rings. The molecular weight excluding hydrogens is 974 g/mol. The van der Waals surface area contributed by atoms with Gasteiger partial charge in [-0.25, -0.2) is 0 Å². The van der Waals surface area contributed by atoms with Crippen molar-refractivity contribution >= 4 is 43.6 Å². The Balaban J connectivity index is 1.18. The molecule has 2 aromatic heterocycles. The summed E-state index contributed by atoms with van der Waals surface area (Å²) >= 11 is 0. The summed E-state index contributed by atoms with van der Waals surface area (Å²) in [5, 5.41) is 63.4. The van der Waals surface area contributed by atoms with E-state index in [2.05, 4.69) is 36.4 Å². The van der Waals surface area contributed by atoms with Gasteiger partial charge in [0.2, 0.25) is 0 Å². The van der Waals surface area contributed by atoms with Crippen molar-refractivity contribution in [1.29, 1.82) is 31.6 Å². The maximum Gasteiger partial charge on any atom is 0.417 e. The molecule has 8 nitrogen and oxygen atoms in total. The molecule has 0 fully saturated rings. The van der Waals surface area contributed by atoms with Gasteiger partial charge >= 0.3 is 6.18 Å². The molecule has 78 heavy (non-hydrogen) atoms. The van der Waals surface area contributed by atoms with Gasteiger partial charge < -0.3 is 9.13 Å². The average Bonchev–Trinajstić information content (AvgIpc) is 4.18. The Morgan fingerprint density at radius 1 is 0.308 bits per heavy atom. The van der Waals surface area contributed by atoms with Gasteiger partial charge in [-0.15, -0.1) is 0 Å². The Labute approximate surface area is 444 Å². The number of nitrogens with zero attached hydrogens (tertiary/aromatic N) is 8. The number of benzene rings is 10. The van der Waals surface area contributed by atoms with Crippen LogP contribution in [0.25, 0.3) is 111 Å². The molecule has 12 rings (SSSR count). The Morgan fingerprint density at radius 2 is 0.628 bits per heavy atom. The molecule has 12 aromatic rings. The minimum Gasteiger partial charge on any atom is -0.309 e. The summed E-state index contributed by atoms with van der Waals surface area (Å²) in [6.07, 6.45) is -4.92. The van der Waals surface area contributed by atoms with E-state index in [1.165, 1.54) is 12.1 Å². The van der Waals surface area contributed by atoms with Crippen LogP contribution in [-0.4, -0.2) is 9.13 Å². The van der Waals surface area contributed by atoms with Crippen molar-refractivity contribution in [2.75, 3.05) is 0 Å². The fourth-order valence-electron chi connectivity index (χ4n) is 10.6. The monoisotopic (exact) mass is 1010 g/mol. The molecule has 0 saturated heterocycles. The number of rotatable bonds is 7. The van der Waals surface area contributed by atoms with Crippen LogP contribution in [0.1, 0.15) is 38.9 Å². The van der Waals surface area contributed by atoms with E-state index in [1.807, 2.05) is 130 Å². The van der Waals surface area contributed by atoms with Crippen LogP contribution < -0.4 is 0 Å². The third-order valence-corrected chi connectivity index (χ3v) is 14.4. The number of aromatic nitrogens is 2. The maximum absolute atomic E-state index is 15.7. The molecule has 0 unspecified atom stereocenters. The molecule has 0 aliphatic carbocycles.